The second-order valence-electron chi connectivity index (χ2n) is 1.37. The summed E-state index contributed by atoms with van der Waals surface area (Å²) in [6, 6.07) is 0. The first-order valence-corrected chi connectivity index (χ1v) is 1.99. The van der Waals surface area contributed by atoms with Gasteiger partial charge in [0.2, 0.25) is 0 Å². The van der Waals surface area contributed by atoms with E-state index in [1.807, 2.05) is 0 Å². The molecule has 3 nitrogen and oxygen atoms in total. The Hall–Kier alpha value is 0.170. The quantitative estimate of drug-likeness (QED) is 0.212. The van der Waals surface area contributed by atoms with Crippen molar-refractivity contribution in [3.05, 3.63) is 11.8 Å². The Morgan fingerprint density at radius 3 is 1.78 bits per heavy atom. The van der Waals surface area contributed by atoms with Crippen LogP contribution in [0.4, 0.5) is 0 Å². The van der Waals surface area contributed by atoms with E-state index in [2.05, 4.69) is 0 Å². The van der Waals surface area contributed by atoms with Crippen LogP contribution in [0.3, 0.4) is 0 Å². The molecule has 48 valence electrons. The number of hydrogen-bond acceptors (Lipinski definition) is 2. The molecule has 0 aliphatic rings. The summed E-state index contributed by atoms with van der Waals surface area (Å²) < 4.78 is 0. The van der Waals surface area contributed by atoms with Crippen molar-refractivity contribution in [2.75, 3.05) is 0 Å². The maximum Gasteiger partial charge on any atom is 1.00 e. The van der Waals surface area contributed by atoms with Crippen LogP contribution >= 0.6 is 0 Å². The molecule has 0 saturated carbocycles. The average molecular weight is 140 g/mol. The van der Waals surface area contributed by atoms with Gasteiger partial charge in [0.05, 0.1) is 0 Å². The Balaban J connectivity index is -0.000000180. The molecule has 0 aliphatic carbocycles. The van der Waals surface area contributed by atoms with E-state index in [0.29, 0.717) is 0 Å². The summed E-state index contributed by atoms with van der Waals surface area (Å²) in [4.78, 5) is 9.98. The predicted molar refractivity (Wildman–Crippen MR) is 28.1 cm³/mol. The third-order valence-corrected chi connectivity index (χ3v) is 0.407. The second-order valence-corrected chi connectivity index (χ2v) is 1.37. The smallest absolute Gasteiger partial charge is 0.876 e. The van der Waals surface area contributed by atoms with Crippen molar-refractivity contribution in [3.8, 4) is 0 Å². The first-order chi connectivity index (χ1) is 3.13. The molecule has 0 fully saturated rings. The molecule has 9 heavy (non-hydrogen) atoms. The van der Waals surface area contributed by atoms with Crippen molar-refractivity contribution in [2.24, 2.45) is 0 Å². The fraction of sp³-hybridized carbons (Fsp3) is 0.400. The van der Waals surface area contributed by atoms with Gasteiger partial charge in [-0.2, -0.15) is 0 Å². The zero-order chi connectivity index (χ0) is 5.86. The average Bonchev–Trinajstić information content (AvgIpc) is 1.27. The minimum absolute atomic E-state index is 0. The van der Waals surface area contributed by atoms with Crippen LogP contribution in [-0.4, -0.2) is 11.3 Å². The third-order valence-electron chi connectivity index (χ3n) is 0.407. The van der Waals surface area contributed by atoms with Crippen molar-refractivity contribution in [1.82, 2.24) is 0 Å². The van der Waals surface area contributed by atoms with Crippen LogP contribution in [0, 0.1) is 0 Å². The molecule has 0 unspecified atom stereocenters. The van der Waals surface area contributed by atoms with Crippen LogP contribution in [0.5, 0.6) is 0 Å². The van der Waals surface area contributed by atoms with E-state index in [1.165, 1.54) is 13.8 Å². The van der Waals surface area contributed by atoms with Crippen LogP contribution in [0.15, 0.2) is 11.8 Å². The van der Waals surface area contributed by atoms with Gasteiger partial charge in [0.15, 0.2) is 5.78 Å². The zero-order valence-corrected chi connectivity index (χ0v) is 7.89. The van der Waals surface area contributed by atoms with Gasteiger partial charge in [0.1, 0.15) is 0 Å². The molecule has 0 aromatic rings. The summed E-state index contributed by atoms with van der Waals surface area (Å²) in [5.41, 5.74) is 0. The normalized spacial score (nSPS) is 8.89. The third kappa shape index (κ3) is 17.9. The van der Waals surface area contributed by atoms with Gasteiger partial charge in [-0.15, -0.1) is 5.76 Å². The molecule has 0 bridgehead atoms. The molecule has 0 aromatic heterocycles. The minimum Gasteiger partial charge on any atom is -0.876 e. The maximum atomic E-state index is 9.98. The zero-order valence-electron chi connectivity index (χ0n) is 5.89. The van der Waals surface area contributed by atoms with Crippen molar-refractivity contribution in [2.45, 2.75) is 13.8 Å². The molecule has 0 radical (unpaired) electrons. The van der Waals surface area contributed by atoms with Crippen molar-refractivity contribution in [1.29, 1.82) is 0 Å². The van der Waals surface area contributed by atoms with Gasteiger partial charge in [0.25, 0.3) is 0 Å². The van der Waals surface area contributed by atoms with Crippen LogP contribution < -0.4 is 34.7 Å². The maximum absolute atomic E-state index is 9.98. The van der Waals surface area contributed by atoms with Gasteiger partial charge in [-0.3, -0.25) is 4.79 Å². The fourth-order valence-corrected chi connectivity index (χ4v) is 0.286. The van der Waals surface area contributed by atoms with Crippen molar-refractivity contribution < 1.29 is 44.9 Å². The molecule has 4 heteroatoms. The van der Waals surface area contributed by atoms with Crippen LogP contribution in [-0.2, 0) is 4.79 Å². The van der Waals surface area contributed by atoms with E-state index in [-0.39, 0.29) is 46.6 Å². The number of rotatable bonds is 1. The molecule has 0 heterocycles. The number of ketones is 1. The van der Waals surface area contributed by atoms with Gasteiger partial charge in [0, 0.05) is 0 Å². The Bertz CT molecular complexity index is 105. The fourth-order valence-electron chi connectivity index (χ4n) is 0.286. The van der Waals surface area contributed by atoms with Crippen LogP contribution in [0.1, 0.15) is 13.8 Å². The minimum atomic E-state index is -0.187. The van der Waals surface area contributed by atoms with E-state index in [9.17, 15) is 9.90 Å². The Labute approximate surface area is 76.4 Å². The molecule has 0 amide bonds. The van der Waals surface area contributed by atoms with Crippen LogP contribution in [0.25, 0.3) is 0 Å². The van der Waals surface area contributed by atoms with E-state index in [1.54, 1.807) is 0 Å². The molecule has 2 N–H and O–H groups in total. The topological polar surface area (TPSA) is 71.6 Å². The van der Waals surface area contributed by atoms with Crippen LogP contribution in [0.2, 0.25) is 0 Å². The molecule has 0 saturated heterocycles. The summed E-state index contributed by atoms with van der Waals surface area (Å²) >= 11 is 0. The summed E-state index contributed by atoms with van der Waals surface area (Å²) in [7, 11) is 0. The second kappa shape index (κ2) is 8.17. The van der Waals surface area contributed by atoms with Crippen molar-refractivity contribution >= 4 is 5.78 Å². The first kappa shape index (κ1) is 16.1. The Kier molecular flexibility index (Phi) is 14.6. The first-order valence-electron chi connectivity index (χ1n) is 1.99. The summed E-state index contributed by atoms with van der Waals surface area (Å²) in [6.45, 7) is 2.70. The summed E-state index contributed by atoms with van der Waals surface area (Å²) in [5, 5.41) is 9.98. The van der Waals surface area contributed by atoms with E-state index in [4.69, 9.17) is 0 Å². The Morgan fingerprint density at radius 2 is 1.78 bits per heavy atom. The van der Waals surface area contributed by atoms with Crippen molar-refractivity contribution in [3.63, 3.8) is 0 Å². The largest absolute Gasteiger partial charge is 1.00 e. The number of carbonyl (C=O) groups excluding carboxylic acids is 1. The van der Waals surface area contributed by atoms with E-state index >= 15 is 0 Å². The predicted octanol–water partition coefficient (Wildman–Crippen LogP) is -3.98. The number of carbonyl (C=O) groups is 1. The van der Waals surface area contributed by atoms with E-state index in [0.717, 1.165) is 6.08 Å². The molecule has 0 atom stereocenters. The summed E-state index contributed by atoms with van der Waals surface area (Å²) in [6.07, 6.45) is 1.06. The monoisotopic (exact) mass is 140 g/mol. The van der Waals surface area contributed by atoms with Gasteiger partial charge in [-0.1, -0.05) is 6.92 Å². The van der Waals surface area contributed by atoms with E-state index < -0.39 is 0 Å². The molecule has 0 aromatic carbocycles. The van der Waals surface area contributed by atoms with Gasteiger partial charge in [-0.05, 0) is 13.0 Å². The molecular weight excluding hydrogens is 131 g/mol. The SMILES string of the molecule is CC(=O)C=C(C)[O-].O.[Na+]. The molecular formula is C5H9NaO3. The number of allylic oxidation sites excluding steroid dienone is 2. The molecule has 0 aliphatic heterocycles. The molecule has 0 spiro atoms. The standard InChI is InChI=1S/C5H8O2.Na.H2O/c1-4(6)3-5(2)7;;/h3,6H,1-2H3;;1H2/q;+1;/p-1. The number of hydrogen-bond donors (Lipinski definition) is 0. The van der Waals surface area contributed by atoms with Gasteiger partial charge < -0.3 is 10.6 Å². The van der Waals surface area contributed by atoms with Gasteiger partial charge >= 0.3 is 29.6 Å². The molecule has 0 rings (SSSR count). The Morgan fingerprint density at radius 1 is 1.44 bits per heavy atom. The van der Waals surface area contributed by atoms with Gasteiger partial charge in [-0.25, -0.2) is 0 Å². The summed E-state index contributed by atoms with van der Waals surface area (Å²) in [5.74, 6) is -0.375.